The van der Waals surface area contributed by atoms with Crippen LogP contribution >= 0.6 is 0 Å². The molecule has 0 spiro atoms. The molecule has 5 nitrogen and oxygen atoms in total. The summed E-state index contributed by atoms with van der Waals surface area (Å²) >= 11 is 0. The van der Waals surface area contributed by atoms with Gasteiger partial charge in [0.15, 0.2) is 0 Å². The largest absolute Gasteiger partial charge is 0.481 e. The van der Waals surface area contributed by atoms with E-state index in [2.05, 4.69) is 11.8 Å². The van der Waals surface area contributed by atoms with Gasteiger partial charge in [-0.2, -0.15) is 0 Å². The highest BCUT2D eigenvalue weighted by Gasteiger charge is 2.39. The SMILES string of the molecule is CC#CCC(C)C(O)C=C[C@H]1C(O)CC(=O)[C@@H]1CCCCCCC(=O)O. The van der Waals surface area contributed by atoms with Gasteiger partial charge in [-0.3, -0.25) is 9.59 Å². The van der Waals surface area contributed by atoms with Gasteiger partial charge in [0.1, 0.15) is 5.78 Å². The second kappa shape index (κ2) is 11.9. The Hall–Kier alpha value is -1.64. The van der Waals surface area contributed by atoms with Gasteiger partial charge in [0, 0.05) is 31.1 Å². The smallest absolute Gasteiger partial charge is 0.303 e. The highest BCUT2D eigenvalue weighted by molar-refractivity contribution is 5.84. The summed E-state index contributed by atoms with van der Waals surface area (Å²) in [6.45, 7) is 3.69. The number of carbonyl (C=O) groups excluding carboxylic acids is 1. The van der Waals surface area contributed by atoms with Crippen molar-refractivity contribution in [2.45, 2.75) is 77.4 Å². The Balaban J connectivity index is 2.50. The summed E-state index contributed by atoms with van der Waals surface area (Å²) in [6, 6.07) is 0. The fraction of sp³-hybridized carbons (Fsp3) is 0.714. The monoisotopic (exact) mass is 364 g/mol. The predicted octanol–water partition coefficient (Wildman–Crippen LogP) is 2.94. The standard InChI is InChI=1S/C21H32O5/c1-3-4-9-15(2)18(22)13-12-17-16(19(23)14-20(17)24)10-7-5-6-8-11-21(25)26/h12-13,15-18,20,22,24H,5-11,14H2,1-2H3,(H,25,26)/t15?,16-,17-,18?,20?/m1/s1. The van der Waals surface area contributed by atoms with Crippen molar-refractivity contribution in [3.05, 3.63) is 12.2 Å². The van der Waals surface area contributed by atoms with Gasteiger partial charge in [-0.25, -0.2) is 0 Å². The lowest BCUT2D eigenvalue weighted by Gasteiger charge is -2.19. The first kappa shape index (κ1) is 22.4. The Bertz CT molecular complexity index is 542. The lowest BCUT2D eigenvalue weighted by atomic mass is 9.88. The highest BCUT2D eigenvalue weighted by atomic mass is 16.4. The number of Topliss-reactive ketones (excluding diaryl/α,β-unsaturated/α-hetero) is 1. The Morgan fingerprint density at radius 3 is 2.65 bits per heavy atom. The molecule has 0 radical (unpaired) electrons. The van der Waals surface area contributed by atoms with Crippen molar-refractivity contribution in [3.8, 4) is 11.8 Å². The van der Waals surface area contributed by atoms with Crippen LogP contribution in [0.5, 0.6) is 0 Å². The van der Waals surface area contributed by atoms with Gasteiger partial charge in [-0.05, 0) is 25.7 Å². The quantitative estimate of drug-likeness (QED) is 0.298. The Labute approximate surface area is 156 Å². The van der Waals surface area contributed by atoms with Crippen LogP contribution in [0.25, 0.3) is 0 Å². The molecule has 0 saturated heterocycles. The van der Waals surface area contributed by atoms with Crippen LogP contribution < -0.4 is 0 Å². The number of ketones is 1. The molecule has 5 heteroatoms. The van der Waals surface area contributed by atoms with Crippen LogP contribution in [0, 0.1) is 29.6 Å². The number of aliphatic carboxylic acids is 1. The first-order chi connectivity index (χ1) is 12.4. The van der Waals surface area contributed by atoms with Crippen molar-refractivity contribution < 1.29 is 24.9 Å². The van der Waals surface area contributed by atoms with E-state index in [4.69, 9.17) is 5.11 Å². The van der Waals surface area contributed by atoms with E-state index in [0.29, 0.717) is 19.3 Å². The van der Waals surface area contributed by atoms with Gasteiger partial charge in [-0.1, -0.05) is 38.3 Å². The topological polar surface area (TPSA) is 94.8 Å². The Morgan fingerprint density at radius 1 is 1.31 bits per heavy atom. The number of rotatable bonds is 11. The number of hydrogen-bond donors (Lipinski definition) is 3. The van der Waals surface area contributed by atoms with E-state index >= 15 is 0 Å². The summed E-state index contributed by atoms with van der Waals surface area (Å²) in [7, 11) is 0. The fourth-order valence-electron chi connectivity index (χ4n) is 3.40. The summed E-state index contributed by atoms with van der Waals surface area (Å²) in [5.74, 6) is 4.61. The number of unbranched alkanes of at least 4 members (excludes halogenated alkanes) is 3. The van der Waals surface area contributed by atoms with Crippen LogP contribution in [0.1, 0.15) is 65.2 Å². The number of aliphatic hydroxyl groups is 2. The molecule has 1 saturated carbocycles. The van der Waals surface area contributed by atoms with Gasteiger partial charge >= 0.3 is 5.97 Å². The van der Waals surface area contributed by atoms with Gasteiger partial charge in [-0.15, -0.1) is 11.8 Å². The molecule has 1 aliphatic carbocycles. The van der Waals surface area contributed by atoms with Crippen LogP contribution in [-0.2, 0) is 9.59 Å². The van der Waals surface area contributed by atoms with Gasteiger partial charge < -0.3 is 15.3 Å². The second-order valence-electron chi connectivity index (χ2n) is 7.25. The van der Waals surface area contributed by atoms with Crippen molar-refractivity contribution in [3.63, 3.8) is 0 Å². The lowest BCUT2D eigenvalue weighted by molar-refractivity contribution is -0.137. The number of carboxylic acids is 1. The molecular formula is C21H32O5. The van der Waals surface area contributed by atoms with E-state index in [0.717, 1.165) is 19.3 Å². The molecule has 1 rings (SSSR count). The van der Waals surface area contributed by atoms with E-state index in [1.165, 1.54) is 0 Å². The molecule has 146 valence electrons. The van der Waals surface area contributed by atoms with Gasteiger partial charge in [0.05, 0.1) is 12.2 Å². The lowest BCUT2D eigenvalue weighted by Crippen LogP contribution is -2.20. The van der Waals surface area contributed by atoms with Crippen molar-refractivity contribution in [2.24, 2.45) is 17.8 Å². The Morgan fingerprint density at radius 2 is 2.00 bits per heavy atom. The summed E-state index contributed by atoms with van der Waals surface area (Å²) in [4.78, 5) is 22.7. The third kappa shape index (κ3) is 7.72. The normalized spacial score (nSPS) is 25.1. The molecule has 1 aliphatic rings. The van der Waals surface area contributed by atoms with Gasteiger partial charge in [0.25, 0.3) is 0 Å². The van der Waals surface area contributed by atoms with Crippen molar-refractivity contribution >= 4 is 11.8 Å². The molecular weight excluding hydrogens is 332 g/mol. The van der Waals surface area contributed by atoms with Crippen LogP contribution in [0.4, 0.5) is 0 Å². The van der Waals surface area contributed by atoms with E-state index in [9.17, 15) is 19.8 Å². The first-order valence-corrected chi connectivity index (χ1v) is 9.55. The average molecular weight is 364 g/mol. The summed E-state index contributed by atoms with van der Waals surface area (Å²) in [6.07, 6.45) is 7.05. The zero-order valence-corrected chi connectivity index (χ0v) is 15.9. The molecule has 0 aromatic carbocycles. The Kier molecular flexibility index (Phi) is 10.2. The van der Waals surface area contributed by atoms with Crippen LogP contribution in [0.3, 0.4) is 0 Å². The minimum atomic E-state index is -0.776. The molecule has 3 unspecified atom stereocenters. The molecule has 0 aromatic rings. The van der Waals surface area contributed by atoms with Crippen LogP contribution in [0.15, 0.2) is 12.2 Å². The summed E-state index contributed by atoms with van der Waals surface area (Å²) < 4.78 is 0. The zero-order chi connectivity index (χ0) is 19.5. The van der Waals surface area contributed by atoms with Crippen molar-refractivity contribution in [2.75, 3.05) is 0 Å². The molecule has 5 atom stereocenters. The van der Waals surface area contributed by atoms with Crippen LogP contribution in [-0.4, -0.2) is 39.3 Å². The number of hydrogen-bond acceptors (Lipinski definition) is 4. The van der Waals surface area contributed by atoms with E-state index in [1.54, 1.807) is 19.1 Å². The van der Waals surface area contributed by atoms with E-state index < -0.39 is 18.2 Å². The molecule has 3 N–H and O–H groups in total. The predicted molar refractivity (Wildman–Crippen MR) is 100 cm³/mol. The number of aliphatic hydroxyl groups excluding tert-OH is 2. The molecule has 0 aromatic heterocycles. The first-order valence-electron chi connectivity index (χ1n) is 9.55. The number of carbonyl (C=O) groups is 2. The minimum absolute atomic E-state index is 0.000586. The molecule has 26 heavy (non-hydrogen) atoms. The maximum absolute atomic E-state index is 12.2. The second-order valence-corrected chi connectivity index (χ2v) is 7.25. The van der Waals surface area contributed by atoms with E-state index in [1.807, 2.05) is 6.92 Å². The molecule has 0 heterocycles. The molecule has 0 bridgehead atoms. The summed E-state index contributed by atoms with van der Waals surface area (Å²) in [5, 5.41) is 29.0. The fourth-order valence-corrected chi connectivity index (χ4v) is 3.40. The molecule has 0 amide bonds. The maximum Gasteiger partial charge on any atom is 0.303 e. The van der Waals surface area contributed by atoms with Gasteiger partial charge in [0.2, 0.25) is 0 Å². The zero-order valence-electron chi connectivity index (χ0n) is 15.9. The van der Waals surface area contributed by atoms with Crippen molar-refractivity contribution in [1.29, 1.82) is 0 Å². The number of carboxylic acid groups (broad SMARTS) is 1. The third-order valence-corrected chi connectivity index (χ3v) is 5.10. The molecule has 1 fully saturated rings. The van der Waals surface area contributed by atoms with Crippen molar-refractivity contribution in [1.82, 2.24) is 0 Å². The van der Waals surface area contributed by atoms with E-state index in [-0.39, 0.29) is 36.4 Å². The third-order valence-electron chi connectivity index (χ3n) is 5.10. The maximum atomic E-state index is 12.2. The average Bonchev–Trinajstić information content (AvgIpc) is 2.86. The highest BCUT2D eigenvalue weighted by Crippen LogP contribution is 2.34. The van der Waals surface area contributed by atoms with Crippen LogP contribution in [0.2, 0.25) is 0 Å². The molecule has 0 aliphatic heterocycles. The summed E-state index contributed by atoms with van der Waals surface area (Å²) in [5.41, 5.74) is 0. The minimum Gasteiger partial charge on any atom is -0.481 e.